The monoisotopic (exact) mass is 402 g/mol. The zero-order valence-corrected chi connectivity index (χ0v) is 15.7. The van der Waals surface area contributed by atoms with Gasteiger partial charge in [-0.3, -0.25) is 10.1 Å². The second kappa shape index (κ2) is 11.3. The second-order valence-electron chi connectivity index (χ2n) is 6.15. The molecular formula is C20H22N2O7. The summed E-state index contributed by atoms with van der Waals surface area (Å²) < 4.78 is 10.4. The smallest absolute Gasteiger partial charge is 0.407 e. The Bertz CT molecular complexity index is 827. The molecule has 2 aromatic rings. The minimum Gasteiger partial charge on any atom is -0.479 e. The van der Waals surface area contributed by atoms with Crippen LogP contribution in [0.4, 0.5) is 10.5 Å². The molecule has 9 heteroatoms. The molecule has 1 unspecified atom stereocenters. The third-order valence-electron chi connectivity index (χ3n) is 3.98. The number of unbranched alkanes of at least 4 members (excludes halogenated alkanes) is 1. The minimum absolute atomic E-state index is 0.0903. The number of carbonyl (C=O) groups is 2. The standard InChI is InChI=1S/C20H22N2O7/c23-19(24)18(29-17-11-5-4-10-16(17)22(26)27)12-6-7-13-21-20(25)28-14-15-8-2-1-3-9-15/h1-5,8-11,18H,6-7,12-14H2,(H,21,25)(H,23,24). The van der Waals surface area contributed by atoms with E-state index in [-0.39, 0.29) is 24.5 Å². The number of nitrogens with zero attached hydrogens (tertiary/aromatic N) is 1. The number of hydrogen-bond donors (Lipinski definition) is 2. The van der Waals surface area contributed by atoms with Gasteiger partial charge in [0, 0.05) is 12.6 Å². The number of carbonyl (C=O) groups excluding carboxylic acids is 1. The number of amides is 1. The Kier molecular flexibility index (Phi) is 8.43. The van der Waals surface area contributed by atoms with E-state index in [1.54, 1.807) is 0 Å². The van der Waals surface area contributed by atoms with Gasteiger partial charge in [-0.2, -0.15) is 0 Å². The molecule has 0 aromatic heterocycles. The predicted molar refractivity (Wildman–Crippen MR) is 104 cm³/mol. The van der Waals surface area contributed by atoms with Crippen LogP contribution in [0, 0.1) is 10.1 Å². The Morgan fingerprint density at radius 1 is 1.07 bits per heavy atom. The summed E-state index contributed by atoms with van der Waals surface area (Å²) in [5.74, 6) is -1.30. The SMILES string of the molecule is O=C(NCCCCC(Oc1ccccc1[N+](=O)[O-])C(=O)O)OCc1ccccc1. The van der Waals surface area contributed by atoms with E-state index in [9.17, 15) is 24.8 Å². The fourth-order valence-electron chi connectivity index (χ4n) is 2.51. The lowest BCUT2D eigenvalue weighted by Crippen LogP contribution is -2.28. The summed E-state index contributed by atoms with van der Waals surface area (Å²) in [4.78, 5) is 33.4. The van der Waals surface area contributed by atoms with E-state index in [2.05, 4.69) is 5.32 Å². The highest BCUT2D eigenvalue weighted by Crippen LogP contribution is 2.27. The molecule has 2 rings (SSSR count). The summed E-state index contributed by atoms with van der Waals surface area (Å²) in [6, 6.07) is 14.9. The van der Waals surface area contributed by atoms with Crippen LogP contribution < -0.4 is 10.1 Å². The molecule has 0 saturated heterocycles. The second-order valence-corrected chi connectivity index (χ2v) is 6.15. The average molecular weight is 402 g/mol. The highest BCUT2D eigenvalue weighted by atomic mass is 16.6. The van der Waals surface area contributed by atoms with Crippen molar-refractivity contribution in [2.24, 2.45) is 0 Å². The number of hydrogen-bond acceptors (Lipinski definition) is 6. The van der Waals surface area contributed by atoms with Gasteiger partial charge in [0.1, 0.15) is 6.61 Å². The van der Waals surface area contributed by atoms with Crippen LogP contribution in [-0.2, 0) is 16.1 Å². The highest BCUT2D eigenvalue weighted by molar-refractivity contribution is 5.73. The number of rotatable bonds is 11. The van der Waals surface area contributed by atoms with E-state index in [0.717, 1.165) is 5.56 Å². The van der Waals surface area contributed by atoms with Gasteiger partial charge in [0.15, 0.2) is 11.9 Å². The molecular weight excluding hydrogens is 380 g/mol. The van der Waals surface area contributed by atoms with Crippen LogP contribution in [0.25, 0.3) is 0 Å². The van der Waals surface area contributed by atoms with Crippen molar-refractivity contribution in [2.45, 2.75) is 32.0 Å². The summed E-state index contributed by atoms with van der Waals surface area (Å²) in [5, 5.41) is 22.9. The molecule has 1 atom stereocenters. The number of nitro benzene ring substituents is 1. The molecule has 0 aliphatic carbocycles. The Labute approximate surface area is 167 Å². The van der Waals surface area contributed by atoms with Crippen LogP contribution in [0.3, 0.4) is 0 Å². The molecule has 1 amide bonds. The molecule has 154 valence electrons. The Morgan fingerprint density at radius 3 is 2.45 bits per heavy atom. The Balaban J connectivity index is 1.71. The molecule has 0 saturated carbocycles. The van der Waals surface area contributed by atoms with Gasteiger partial charge in [0.05, 0.1) is 4.92 Å². The van der Waals surface area contributed by atoms with Gasteiger partial charge in [0.2, 0.25) is 0 Å². The maximum atomic E-state index is 11.6. The molecule has 0 radical (unpaired) electrons. The zero-order chi connectivity index (χ0) is 21.1. The summed E-state index contributed by atoms with van der Waals surface area (Å²) in [6.45, 7) is 0.475. The van der Waals surface area contributed by atoms with Crippen LogP contribution in [0.5, 0.6) is 5.75 Å². The van der Waals surface area contributed by atoms with Gasteiger partial charge in [-0.25, -0.2) is 9.59 Å². The van der Waals surface area contributed by atoms with Crippen molar-refractivity contribution in [1.82, 2.24) is 5.32 Å². The van der Waals surface area contributed by atoms with Gasteiger partial charge in [-0.05, 0) is 30.9 Å². The molecule has 0 fully saturated rings. The maximum absolute atomic E-state index is 11.6. The first-order valence-corrected chi connectivity index (χ1v) is 9.05. The van der Waals surface area contributed by atoms with Crippen molar-refractivity contribution in [3.8, 4) is 5.75 Å². The van der Waals surface area contributed by atoms with Crippen molar-refractivity contribution in [3.05, 3.63) is 70.3 Å². The lowest BCUT2D eigenvalue weighted by atomic mass is 10.1. The largest absolute Gasteiger partial charge is 0.479 e. The number of nitrogens with one attached hydrogen (secondary N) is 1. The number of carboxylic acids is 1. The topological polar surface area (TPSA) is 128 Å². The number of aliphatic carboxylic acids is 1. The van der Waals surface area contributed by atoms with Crippen molar-refractivity contribution < 1.29 is 29.1 Å². The molecule has 9 nitrogen and oxygen atoms in total. The van der Waals surface area contributed by atoms with E-state index < -0.39 is 23.1 Å². The van der Waals surface area contributed by atoms with Crippen molar-refractivity contribution in [2.75, 3.05) is 6.54 Å². The molecule has 0 heterocycles. The lowest BCUT2D eigenvalue weighted by Gasteiger charge is -2.15. The predicted octanol–water partition coefficient (Wildman–Crippen LogP) is 3.52. The van der Waals surface area contributed by atoms with Crippen LogP contribution in [0.1, 0.15) is 24.8 Å². The van der Waals surface area contributed by atoms with E-state index in [4.69, 9.17) is 9.47 Å². The fraction of sp³-hybridized carbons (Fsp3) is 0.300. The first-order valence-electron chi connectivity index (χ1n) is 9.05. The van der Waals surface area contributed by atoms with E-state index in [1.165, 1.54) is 24.3 Å². The minimum atomic E-state index is -1.22. The quantitative estimate of drug-likeness (QED) is 0.334. The molecule has 2 aromatic carbocycles. The molecule has 2 N–H and O–H groups in total. The molecule has 0 aliphatic heterocycles. The molecule has 29 heavy (non-hydrogen) atoms. The number of ether oxygens (including phenoxy) is 2. The van der Waals surface area contributed by atoms with Crippen molar-refractivity contribution in [1.29, 1.82) is 0 Å². The average Bonchev–Trinajstić information content (AvgIpc) is 2.72. The number of alkyl carbamates (subject to hydrolysis) is 1. The van der Waals surface area contributed by atoms with Gasteiger partial charge < -0.3 is 19.9 Å². The van der Waals surface area contributed by atoms with Crippen LogP contribution in [0.2, 0.25) is 0 Å². The summed E-state index contributed by atoms with van der Waals surface area (Å²) >= 11 is 0. The summed E-state index contributed by atoms with van der Waals surface area (Å²) in [6.07, 6.45) is -0.690. The Hall–Kier alpha value is -3.62. The zero-order valence-electron chi connectivity index (χ0n) is 15.7. The lowest BCUT2D eigenvalue weighted by molar-refractivity contribution is -0.386. The van der Waals surface area contributed by atoms with Crippen molar-refractivity contribution in [3.63, 3.8) is 0 Å². The van der Waals surface area contributed by atoms with Crippen LogP contribution in [-0.4, -0.2) is 34.7 Å². The normalized spacial score (nSPS) is 11.3. The first kappa shape index (κ1) is 21.7. The van der Waals surface area contributed by atoms with E-state index in [0.29, 0.717) is 19.4 Å². The van der Waals surface area contributed by atoms with Crippen LogP contribution in [0.15, 0.2) is 54.6 Å². The van der Waals surface area contributed by atoms with Crippen LogP contribution >= 0.6 is 0 Å². The summed E-state index contributed by atoms with van der Waals surface area (Å²) in [7, 11) is 0. The van der Waals surface area contributed by atoms with Gasteiger partial charge >= 0.3 is 17.7 Å². The van der Waals surface area contributed by atoms with E-state index >= 15 is 0 Å². The molecule has 0 aliphatic rings. The number of benzene rings is 2. The van der Waals surface area contributed by atoms with Gasteiger partial charge in [-0.1, -0.05) is 42.5 Å². The Morgan fingerprint density at radius 2 is 1.76 bits per heavy atom. The van der Waals surface area contributed by atoms with Crippen molar-refractivity contribution >= 4 is 17.7 Å². The third-order valence-corrected chi connectivity index (χ3v) is 3.98. The molecule has 0 spiro atoms. The first-order chi connectivity index (χ1) is 14.0. The maximum Gasteiger partial charge on any atom is 0.407 e. The van der Waals surface area contributed by atoms with E-state index in [1.807, 2.05) is 30.3 Å². The fourth-order valence-corrected chi connectivity index (χ4v) is 2.51. The van der Waals surface area contributed by atoms with Gasteiger partial charge in [0.25, 0.3) is 0 Å². The summed E-state index contributed by atoms with van der Waals surface area (Å²) in [5.41, 5.74) is 0.584. The number of para-hydroxylation sites is 2. The number of nitro groups is 1. The molecule has 0 bridgehead atoms. The number of carboxylic acid groups (broad SMARTS) is 1. The van der Waals surface area contributed by atoms with Gasteiger partial charge in [-0.15, -0.1) is 0 Å². The highest BCUT2D eigenvalue weighted by Gasteiger charge is 2.23. The third kappa shape index (κ3) is 7.49.